The van der Waals surface area contributed by atoms with Gasteiger partial charge in [-0.25, -0.2) is 0 Å². The lowest BCUT2D eigenvalue weighted by Gasteiger charge is -1.81. The Bertz CT molecular complexity index is 65.0. The van der Waals surface area contributed by atoms with E-state index in [1.54, 1.807) is 12.4 Å². The van der Waals surface area contributed by atoms with Crippen LogP contribution in [0.1, 0.15) is 27.7 Å². The van der Waals surface area contributed by atoms with E-state index in [4.69, 9.17) is 0 Å². The van der Waals surface area contributed by atoms with E-state index in [9.17, 15) is 0 Å². The highest BCUT2D eigenvalue weighted by Crippen LogP contribution is 1.60. The zero-order chi connectivity index (χ0) is 7.54. The van der Waals surface area contributed by atoms with Crippen LogP contribution in [0.2, 0.25) is 0 Å². The Hall–Kier alpha value is -0.790. The molecule has 0 unspecified atom stereocenters. The Morgan fingerprint density at radius 3 is 2.11 bits per heavy atom. The molecule has 0 aliphatic heterocycles. The van der Waals surface area contributed by atoms with Gasteiger partial charge >= 0.3 is 0 Å². The number of hydrazone groups is 1. The molecule has 0 spiro atoms. The maximum Gasteiger partial charge on any atom is 0.0215 e. The monoisotopic (exact) mass is 128 g/mol. The number of nitrogens with one attached hydrogen (secondary N) is 1. The molecule has 1 N–H and O–H groups in total. The summed E-state index contributed by atoms with van der Waals surface area (Å²) in [7, 11) is 0. The smallest absolute Gasteiger partial charge is 0.0215 e. The van der Waals surface area contributed by atoms with Crippen molar-refractivity contribution in [2.45, 2.75) is 27.7 Å². The molecule has 54 valence electrons. The maximum absolute atomic E-state index is 3.70. The van der Waals surface area contributed by atoms with Gasteiger partial charge in [0.25, 0.3) is 0 Å². The summed E-state index contributed by atoms with van der Waals surface area (Å²) in [4.78, 5) is 0. The standard InChI is InChI=1S/C5H10N2.C2H6/c1-3-5-7-6-4-2;1-2/h3-5,7H,1-2H3;1-2H3/b5-3-,6-4-;. The third-order valence-corrected chi connectivity index (χ3v) is 0.445. The molecule has 0 heterocycles. The first-order chi connectivity index (χ1) is 4.41. The minimum Gasteiger partial charge on any atom is -0.286 e. The summed E-state index contributed by atoms with van der Waals surface area (Å²) in [5.41, 5.74) is 2.67. The van der Waals surface area contributed by atoms with Gasteiger partial charge in [0.15, 0.2) is 0 Å². The number of hydrogen-bond acceptors (Lipinski definition) is 2. The molecule has 0 aromatic heterocycles. The first-order valence-electron chi connectivity index (χ1n) is 3.26. The molecule has 0 atom stereocenters. The van der Waals surface area contributed by atoms with E-state index >= 15 is 0 Å². The van der Waals surface area contributed by atoms with Crippen LogP contribution in [0.3, 0.4) is 0 Å². The second-order valence-electron chi connectivity index (χ2n) is 1.02. The van der Waals surface area contributed by atoms with Crippen LogP contribution < -0.4 is 5.43 Å². The molecular formula is C7H16N2. The van der Waals surface area contributed by atoms with Gasteiger partial charge in [-0.15, -0.1) is 0 Å². The number of allylic oxidation sites excluding steroid dienone is 1. The molecule has 2 nitrogen and oxygen atoms in total. The van der Waals surface area contributed by atoms with Gasteiger partial charge in [-0.3, -0.25) is 5.43 Å². The number of rotatable bonds is 2. The third kappa shape index (κ3) is 19.0. The summed E-state index contributed by atoms with van der Waals surface area (Å²) >= 11 is 0. The Morgan fingerprint density at radius 2 is 1.78 bits per heavy atom. The predicted molar refractivity (Wildman–Crippen MR) is 43.5 cm³/mol. The molecule has 0 saturated heterocycles. The highest BCUT2D eigenvalue weighted by atomic mass is 15.3. The summed E-state index contributed by atoms with van der Waals surface area (Å²) in [5, 5.41) is 3.70. The molecule has 0 aromatic rings. The minimum absolute atomic E-state index is 1.69. The lowest BCUT2D eigenvalue weighted by molar-refractivity contribution is 0.971. The van der Waals surface area contributed by atoms with Crippen molar-refractivity contribution >= 4 is 6.21 Å². The van der Waals surface area contributed by atoms with Gasteiger partial charge in [0, 0.05) is 12.4 Å². The van der Waals surface area contributed by atoms with Crippen molar-refractivity contribution in [2.75, 3.05) is 0 Å². The highest BCUT2D eigenvalue weighted by molar-refractivity contribution is 5.52. The summed E-state index contributed by atoms with van der Waals surface area (Å²) in [5.74, 6) is 0. The normalized spacial score (nSPS) is 9.33. The first kappa shape index (κ1) is 11.1. The molecule has 9 heavy (non-hydrogen) atoms. The Morgan fingerprint density at radius 1 is 1.22 bits per heavy atom. The van der Waals surface area contributed by atoms with Crippen molar-refractivity contribution < 1.29 is 0 Å². The average molecular weight is 128 g/mol. The number of hydrogen-bond donors (Lipinski definition) is 1. The van der Waals surface area contributed by atoms with Gasteiger partial charge in [0.1, 0.15) is 0 Å². The second kappa shape index (κ2) is 15.7. The predicted octanol–water partition coefficient (Wildman–Crippen LogP) is 2.14. The molecular weight excluding hydrogens is 112 g/mol. The van der Waals surface area contributed by atoms with Crippen LogP contribution in [0.5, 0.6) is 0 Å². The molecule has 0 bridgehead atoms. The molecule has 2 heteroatoms. The zero-order valence-corrected chi connectivity index (χ0v) is 6.68. The Labute approximate surface area is 57.7 Å². The third-order valence-electron chi connectivity index (χ3n) is 0.445. The fraction of sp³-hybridized carbons (Fsp3) is 0.571. The van der Waals surface area contributed by atoms with Crippen LogP contribution in [-0.4, -0.2) is 6.21 Å². The second-order valence-corrected chi connectivity index (χ2v) is 1.02. The molecule has 0 radical (unpaired) electrons. The molecule has 0 fully saturated rings. The zero-order valence-electron chi connectivity index (χ0n) is 6.68. The van der Waals surface area contributed by atoms with E-state index in [1.165, 1.54) is 0 Å². The van der Waals surface area contributed by atoms with Crippen molar-refractivity contribution in [3.05, 3.63) is 12.3 Å². The molecule has 0 aliphatic rings. The SMILES string of the molecule is C/C=C\N/N=C\C.CC. The summed E-state index contributed by atoms with van der Waals surface area (Å²) in [6.45, 7) is 7.79. The molecule has 0 aliphatic carbocycles. The summed E-state index contributed by atoms with van der Waals surface area (Å²) in [6.07, 6.45) is 5.34. The van der Waals surface area contributed by atoms with Crippen LogP contribution in [0.25, 0.3) is 0 Å². The topological polar surface area (TPSA) is 24.4 Å². The molecule has 0 saturated carbocycles. The van der Waals surface area contributed by atoms with E-state index in [0.29, 0.717) is 0 Å². The van der Waals surface area contributed by atoms with E-state index in [0.717, 1.165) is 0 Å². The Balaban J connectivity index is 0. The fourth-order valence-electron chi connectivity index (χ4n) is 0.192. The van der Waals surface area contributed by atoms with Crippen molar-refractivity contribution in [3.8, 4) is 0 Å². The van der Waals surface area contributed by atoms with Crippen molar-refractivity contribution in [1.29, 1.82) is 0 Å². The van der Waals surface area contributed by atoms with Crippen molar-refractivity contribution in [3.63, 3.8) is 0 Å². The average Bonchev–Trinajstić information content (AvgIpc) is 1.94. The molecule has 0 rings (SSSR count). The lowest BCUT2D eigenvalue weighted by Crippen LogP contribution is -1.90. The fourth-order valence-corrected chi connectivity index (χ4v) is 0.192. The quantitative estimate of drug-likeness (QED) is 0.447. The van der Waals surface area contributed by atoms with Crippen molar-refractivity contribution in [1.82, 2.24) is 5.43 Å². The van der Waals surface area contributed by atoms with E-state index in [2.05, 4.69) is 10.5 Å². The van der Waals surface area contributed by atoms with Gasteiger partial charge in [0.2, 0.25) is 0 Å². The van der Waals surface area contributed by atoms with Gasteiger partial charge in [-0.2, -0.15) is 5.10 Å². The highest BCUT2D eigenvalue weighted by Gasteiger charge is 1.55. The van der Waals surface area contributed by atoms with Gasteiger partial charge < -0.3 is 0 Å². The maximum atomic E-state index is 3.70. The summed E-state index contributed by atoms with van der Waals surface area (Å²) < 4.78 is 0. The van der Waals surface area contributed by atoms with E-state index < -0.39 is 0 Å². The van der Waals surface area contributed by atoms with Gasteiger partial charge in [-0.05, 0) is 13.8 Å². The number of nitrogens with zero attached hydrogens (tertiary/aromatic N) is 1. The van der Waals surface area contributed by atoms with Crippen LogP contribution in [0, 0.1) is 0 Å². The first-order valence-corrected chi connectivity index (χ1v) is 3.26. The largest absolute Gasteiger partial charge is 0.286 e. The van der Waals surface area contributed by atoms with Gasteiger partial charge in [0.05, 0.1) is 0 Å². The van der Waals surface area contributed by atoms with Crippen LogP contribution in [0.15, 0.2) is 17.4 Å². The van der Waals surface area contributed by atoms with Crippen LogP contribution in [0.4, 0.5) is 0 Å². The van der Waals surface area contributed by atoms with Crippen LogP contribution in [-0.2, 0) is 0 Å². The Kier molecular flexibility index (Phi) is 19.3. The van der Waals surface area contributed by atoms with Crippen LogP contribution >= 0.6 is 0 Å². The summed E-state index contributed by atoms with van der Waals surface area (Å²) in [6, 6.07) is 0. The van der Waals surface area contributed by atoms with Gasteiger partial charge in [-0.1, -0.05) is 19.9 Å². The van der Waals surface area contributed by atoms with Crippen molar-refractivity contribution in [2.24, 2.45) is 5.10 Å². The minimum atomic E-state index is 1.69. The molecule has 0 amide bonds. The lowest BCUT2D eigenvalue weighted by atomic mass is 10.7. The van der Waals surface area contributed by atoms with E-state index in [-0.39, 0.29) is 0 Å². The van der Waals surface area contributed by atoms with E-state index in [1.807, 2.05) is 33.8 Å². The molecule has 0 aromatic carbocycles.